The molecule has 0 radical (unpaired) electrons. The molecular formula is C13H18KN. The number of rotatable bonds is 1. The van der Waals surface area contributed by atoms with E-state index in [1.54, 1.807) is 6.20 Å². The molecule has 1 nitrogen and oxygen atoms in total. The van der Waals surface area contributed by atoms with E-state index in [0.717, 1.165) is 10.4 Å². The van der Waals surface area contributed by atoms with Gasteiger partial charge in [-0.25, -0.2) is 0 Å². The Morgan fingerprint density at radius 2 is 1.93 bits per heavy atom. The van der Waals surface area contributed by atoms with Crippen LogP contribution in [0.15, 0.2) is 24.5 Å². The van der Waals surface area contributed by atoms with Crippen LogP contribution in [0.5, 0.6) is 0 Å². The molecule has 76 valence electrons. The molecule has 0 aliphatic heterocycles. The van der Waals surface area contributed by atoms with Crippen molar-refractivity contribution in [2.75, 3.05) is 0 Å². The van der Waals surface area contributed by atoms with Crippen molar-refractivity contribution >= 4 is 12.2 Å². The molecule has 0 spiro atoms. The molecule has 0 aliphatic rings. The maximum Gasteiger partial charge on any atom is 1.00 e. The first kappa shape index (κ1) is 17.7. The van der Waals surface area contributed by atoms with Crippen LogP contribution < -0.4 is 61.8 Å². The standard InChI is InChI=1S/C11H12N.C2H6.K/c1-3-5-6-11-7-8-12-9-10(11)4-2;1-2;/h3-6,8-9H,1-2H3;1-2H3;/q-1;;+1/b5-3-,10-4-,11-6-;;. The van der Waals surface area contributed by atoms with Crippen LogP contribution in [0.2, 0.25) is 0 Å². The molecule has 2 heteroatoms. The van der Waals surface area contributed by atoms with Crippen molar-refractivity contribution in [1.82, 2.24) is 4.98 Å². The van der Waals surface area contributed by atoms with E-state index < -0.39 is 0 Å². The van der Waals surface area contributed by atoms with E-state index >= 15 is 0 Å². The number of pyridine rings is 1. The first-order valence-corrected chi connectivity index (χ1v) is 4.99. The van der Waals surface area contributed by atoms with Gasteiger partial charge in [0.1, 0.15) is 0 Å². The summed E-state index contributed by atoms with van der Waals surface area (Å²) in [6.07, 6.45) is 11.6. The van der Waals surface area contributed by atoms with Gasteiger partial charge in [-0.05, 0) is 19.3 Å². The molecule has 1 aromatic heterocycles. The number of nitrogens with zero attached hydrogens (tertiary/aromatic N) is 1. The molecule has 0 unspecified atom stereocenters. The maximum absolute atomic E-state index is 3.99. The Kier molecular flexibility index (Phi) is 14.5. The summed E-state index contributed by atoms with van der Waals surface area (Å²) in [5, 5.41) is 2.21. The second-order valence-electron chi connectivity index (χ2n) is 2.40. The summed E-state index contributed by atoms with van der Waals surface area (Å²) in [6, 6.07) is 3.07. The van der Waals surface area contributed by atoms with Crippen LogP contribution >= 0.6 is 0 Å². The van der Waals surface area contributed by atoms with E-state index in [1.807, 2.05) is 58.2 Å². The third-order valence-electron chi connectivity index (χ3n) is 1.59. The zero-order valence-electron chi connectivity index (χ0n) is 10.4. The molecule has 0 saturated heterocycles. The van der Waals surface area contributed by atoms with Gasteiger partial charge in [-0.1, -0.05) is 26.8 Å². The van der Waals surface area contributed by atoms with Crippen molar-refractivity contribution in [2.24, 2.45) is 0 Å². The fourth-order valence-electron chi connectivity index (χ4n) is 0.944. The van der Waals surface area contributed by atoms with Crippen LogP contribution in [0.3, 0.4) is 0 Å². The van der Waals surface area contributed by atoms with Crippen molar-refractivity contribution in [3.63, 3.8) is 0 Å². The van der Waals surface area contributed by atoms with E-state index in [0.29, 0.717) is 0 Å². The van der Waals surface area contributed by atoms with Crippen LogP contribution in [0.25, 0.3) is 12.2 Å². The summed E-state index contributed by atoms with van der Waals surface area (Å²) in [6.45, 7) is 7.99. The Bertz CT molecular complexity index is 380. The minimum atomic E-state index is 0. The Labute approximate surface area is 135 Å². The van der Waals surface area contributed by atoms with Gasteiger partial charge in [-0.2, -0.15) is 17.4 Å². The minimum Gasteiger partial charge on any atom is -0.291 e. The third kappa shape index (κ3) is 7.20. The summed E-state index contributed by atoms with van der Waals surface area (Å²) >= 11 is 0. The van der Waals surface area contributed by atoms with Gasteiger partial charge in [0, 0.05) is 0 Å². The van der Waals surface area contributed by atoms with Gasteiger partial charge in [-0.15, -0.1) is 17.4 Å². The Balaban J connectivity index is 0. The summed E-state index contributed by atoms with van der Waals surface area (Å²) in [5.41, 5.74) is 0. The average molecular weight is 227 g/mol. The van der Waals surface area contributed by atoms with Crippen LogP contribution in [0.4, 0.5) is 0 Å². The van der Waals surface area contributed by atoms with Gasteiger partial charge in [0.15, 0.2) is 0 Å². The second kappa shape index (κ2) is 12.3. The third-order valence-corrected chi connectivity index (χ3v) is 1.59. The maximum atomic E-state index is 3.99. The summed E-state index contributed by atoms with van der Waals surface area (Å²) in [5.74, 6) is 0. The van der Waals surface area contributed by atoms with Gasteiger partial charge in [-0.3, -0.25) is 4.98 Å². The fourth-order valence-corrected chi connectivity index (χ4v) is 0.944. The summed E-state index contributed by atoms with van der Waals surface area (Å²) in [7, 11) is 0. The molecular weight excluding hydrogens is 209 g/mol. The Morgan fingerprint density at radius 3 is 2.47 bits per heavy atom. The van der Waals surface area contributed by atoms with E-state index in [-0.39, 0.29) is 51.4 Å². The zero-order chi connectivity index (χ0) is 10.8. The molecule has 0 aliphatic carbocycles. The summed E-state index contributed by atoms with van der Waals surface area (Å²) < 4.78 is 0. The van der Waals surface area contributed by atoms with Crippen LogP contribution in [-0.4, -0.2) is 4.98 Å². The Hall–Kier alpha value is 0.266. The van der Waals surface area contributed by atoms with Crippen molar-refractivity contribution in [3.05, 3.63) is 41.0 Å². The number of aromatic nitrogens is 1. The SMILES string of the molecule is CC.C\C=C/C=c1/[c-]cnc/c1=C/C.[K+]. The van der Waals surface area contributed by atoms with Gasteiger partial charge < -0.3 is 0 Å². The summed E-state index contributed by atoms with van der Waals surface area (Å²) in [4.78, 5) is 3.99. The fraction of sp³-hybridized carbons (Fsp3) is 0.308. The van der Waals surface area contributed by atoms with Crippen molar-refractivity contribution in [3.8, 4) is 0 Å². The molecule has 0 saturated carbocycles. The van der Waals surface area contributed by atoms with Gasteiger partial charge in [0.25, 0.3) is 0 Å². The van der Waals surface area contributed by atoms with Crippen molar-refractivity contribution in [1.29, 1.82) is 0 Å². The average Bonchev–Trinajstić information content (AvgIpc) is 2.29. The topological polar surface area (TPSA) is 12.9 Å². The van der Waals surface area contributed by atoms with E-state index in [9.17, 15) is 0 Å². The molecule has 15 heavy (non-hydrogen) atoms. The smallest absolute Gasteiger partial charge is 0.291 e. The second-order valence-corrected chi connectivity index (χ2v) is 2.40. The van der Waals surface area contributed by atoms with E-state index in [2.05, 4.69) is 11.1 Å². The number of hydrogen-bond acceptors (Lipinski definition) is 1. The molecule has 0 atom stereocenters. The minimum absolute atomic E-state index is 0. The van der Waals surface area contributed by atoms with E-state index in [1.165, 1.54) is 0 Å². The molecule has 1 rings (SSSR count). The quantitative estimate of drug-likeness (QED) is 0.446. The molecule has 1 aromatic rings. The Morgan fingerprint density at radius 1 is 1.27 bits per heavy atom. The zero-order valence-corrected chi connectivity index (χ0v) is 13.5. The molecule has 0 bridgehead atoms. The van der Waals surface area contributed by atoms with Crippen molar-refractivity contribution < 1.29 is 51.4 Å². The van der Waals surface area contributed by atoms with Crippen LogP contribution in [-0.2, 0) is 0 Å². The molecule has 0 fully saturated rings. The van der Waals surface area contributed by atoms with Crippen molar-refractivity contribution in [2.45, 2.75) is 27.7 Å². The van der Waals surface area contributed by atoms with Gasteiger partial charge in [0.2, 0.25) is 0 Å². The van der Waals surface area contributed by atoms with Gasteiger partial charge in [0.05, 0.1) is 0 Å². The van der Waals surface area contributed by atoms with Crippen LogP contribution in [0, 0.1) is 6.07 Å². The molecule has 1 heterocycles. The largest absolute Gasteiger partial charge is 1.00 e. The molecule has 0 amide bonds. The first-order valence-electron chi connectivity index (χ1n) is 4.99. The number of hydrogen-bond donors (Lipinski definition) is 0. The van der Waals surface area contributed by atoms with Crippen LogP contribution in [0.1, 0.15) is 27.7 Å². The van der Waals surface area contributed by atoms with Gasteiger partial charge >= 0.3 is 51.4 Å². The monoisotopic (exact) mass is 227 g/mol. The molecule has 0 aromatic carbocycles. The predicted octanol–water partition coefficient (Wildman–Crippen LogP) is -0.931. The normalized spacial score (nSPS) is 12.0. The number of allylic oxidation sites excluding steroid dienone is 2. The van der Waals surface area contributed by atoms with E-state index in [4.69, 9.17) is 0 Å². The predicted molar refractivity (Wildman–Crippen MR) is 63.1 cm³/mol. The first-order chi connectivity index (χ1) is 6.88. The molecule has 0 N–H and O–H groups in total.